The monoisotopic (exact) mass is 246 g/mol. The average Bonchev–Trinajstić information content (AvgIpc) is 2.74. The van der Waals surface area contributed by atoms with Gasteiger partial charge in [-0.15, -0.1) is 0 Å². The van der Waals surface area contributed by atoms with Gasteiger partial charge in [-0.2, -0.15) is 0 Å². The maximum atomic E-state index is 12.1. The first-order valence-corrected chi connectivity index (χ1v) is 6.59. The van der Waals surface area contributed by atoms with Crippen molar-refractivity contribution in [3.05, 3.63) is 29.8 Å². The van der Waals surface area contributed by atoms with Gasteiger partial charge in [0.1, 0.15) is 6.10 Å². The normalized spacial score (nSPS) is 26.9. The highest BCUT2D eigenvalue weighted by molar-refractivity contribution is 5.91. The Morgan fingerprint density at radius 3 is 3.11 bits per heavy atom. The number of anilines is 1. The van der Waals surface area contributed by atoms with Crippen molar-refractivity contribution in [2.75, 3.05) is 18.0 Å². The lowest BCUT2D eigenvalue weighted by Crippen LogP contribution is -2.47. The summed E-state index contributed by atoms with van der Waals surface area (Å²) in [6.07, 6.45) is 1.68. The molecule has 2 atom stereocenters. The van der Waals surface area contributed by atoms with Crippen LogP contribution in [0.3, 0.4) is 0 Å². The Bertz CT molecular complexity index is 461. The van der Waals surface area contributed by atoms with Crippen LogP contribution in [0.2, 0.25) is 0 Å². The number of hydrogen-bond acceptors (Lipinski definition) is 3. The number of nitrogens with zero attached hydrogens (tertiary/aromatic N) is 1. The van der Waals surface area contributed by atoms with Crippen molar-refractivity contribution in [2.45, 2.75) is 31.9 Å². The van der Waals surface area contributed by atoms with Gasteiger partial charge in [0.05, 0.1) is 11.7 Å². The highest BCUT2D eigenvalue weighted by Gasteiger charge is 2.44. The van der Waals surface area contributed by atoms with Crippen molar-refractivity contribution >= 4 is 11.8 Å². The first-order valence-electron chi connectivity index (χ1n) is 6.59. The van der Waals surface area contributed by atoms with Gasteiger partial charge >= 0.3 is 6.09 Å². The lowest BCUT2D eigenvalue weighted by Gasteiger charge is -2.29. The Labute approximate surface area is 107 Å². The first kappa shape index (κ1) is 11.5. The molecule has 2 heterocycles. The number of hydrogen-bond donors (Lipinski definition) is 1. The molecule has 4 nitrogen and oxygen atoms in total. The molecule has 1 amide bonds. The van der Waals surface area contributed by atoms with E-state index in [-0.39, 0.29) is 18.2 Å². The zero-order valence-electron chi connectivity index (χ0n) is 10.6. The number of carbonyl (C=O) groups is 1. The van der Waals surface area contributed by atoms with Gasteiger partial charge in [0.25, 0.3) is 0 Å². The third kappa shape index (κ3) is 1.77. The van der Waals surface area contributed by atoms with E-state index in [1.807, 2.05) is 23.1 Å². The number of rotatable bonds is 2. The molecule has 2 saturated heterocycles. The summed E-state index contributed by atoms with van der Waals surface area (Å²) in [6, 6.07) is 8.29. The van der Waals surface area contributed by atoms with Crippen LogP contribution in [0.15, 0.2) is 24.3 Å². The molecule has 0 bridgehead atoms. The van der Waals surface area contributed by atoms with Crippen LogP contribution in [-0.4, -0.2) is 31.3 Å². The highest BCUT2D eigenvalue weighted by Crippen LogP contribution is 2.32. The second-order valence-electron chi connectivity index (χ2n) is 4.83. The van der Waals surface area contributed by atoms with Gasteiger partial charge in [0, 0.05) is 6.54 Å². The minimum absolute atomic E-state index is 0.00355. The van der Waals surface area contributed by atoms with E-state index < -0.39 is 0 Å². The van der Waals surface area contributed by atoms with E-state index in [2.05, 4.69) is 18.3 Å². The lowest BCUT2D eigenvalue weighted by molar-refractivity contribution is 0.121. The summed E-state index contributed by atoms with van der Waals surface area (Å²) in [5.41, 5.74) is 2.22. The van der Waals surface area contributed by atoms with Crippen LogP contribution in [0.5, 0.6) is 0 Å². The fraction of sp³-hybridized carbons (Fsp3) is 0.500. The molecule has 0 radical (unpaired) electrons. The zero-order chi connectivity index (χ0) is 12.5. The van der Waals surface area contributed by atoms with Crippen LogP contribution in [0.1, 0.15) is 18.9 Å². The minimum atomic E-state index is -0.199. The Morgan fingerprint density at radius 2 is 2.28 bits per heavy atom. The second kappa shape index (κ2) is 4.61. The van der Waals surface area contributed by atoms with E-state index in [0.29, 0.717) is 0 Å². The van der Waals surface area contributed by atoms with Gasteiger partial charge < -0.3 is 10.1 Å². The van der Waals surface area contributed by atoms with Crippen LogP contribution in [0, 0.1) is 0 Å². The Hall–Kier alpha value is -1.55. The molecule has 0 saturated carbocycles. The van der Waals surface area contributed by atoms with E-state index in [1.165, 1.54) is 5.56 Å². The summed E-state index contributed by atoms with van der Waals surface area (Å²) in [5, 5.41) is 3.27. The molecule has 2 fully saturated rings. The summed E-state index contributed by atoms with van der Waals surface area (Å²) in [7, 11) is 0. The minimum Gasteiger partial charge on any atom is -0.442 e. The number of ether oxygens (including phenoxy) is 1. The van der Waals surface area contributed by atoms with Gasteiger partial charge in [0.15, 0.2) is 0 Å². The number of fused-ring (bicyclic) bond motifs is 1. The number of aryl methyl sites for hydroxylation is 1. The fourth-order valence-corrected chi connectivity index (χ4v) is 2.88. The SMILES string of the molecule is CCc1ccccc1N1C(=O)OC2CNCCC21. The lowest BCUT2D eigenvalue weighted by atomic mass is 10.0. The predicted octanol–water partition coefficient (Wildman–Crippen LogP) is 1.94. The third-order valence-electron chi connectivity index (χ3n) is 3.80. The van der Waals surface area contributed by atoms with Crippen LogP contribution in [0.4, 0.5) is 10.5 Å². The maximum absolute atomic E-state index is 12.1. The van der Waals surface area contributed by atoms with E-state index in [9.17, 15) is 4.79 Å². The standard InChI is InChI=1S/C14H18N2O2/c1-2-10-5-3-4-6-11(10)16-12-7-8-15-9-13(12)18-14(16)17/h3-6,12-13,15H,2,7-9H2,1H3. The Kier molecular flexibility index (Phi) is 2.96. The molecule has 96 valence electrons. The number of nitrogens with one attached hydrogen (secondary N) is 1. The Morgan fingerprint density at radius 1 is 1.44 bits per heavy atom. The Balaban J connectivity index is 1.97. The van der Waals surface area contributed by atoms with E-state index >= 15 is 0 Å². The van der Waals surface area contributed by atoms with Gasteiger partial charge in [0.2, 0.25) is 0 Å². The summed E-state index contributed by atoms with van der Waals surface area (Å²) < 4.78 is 5.46. The number of amides is 1. The molecule has 2 unspecified atom stereocenters. The highest BCUT2D eigenvalue weighted by atomic mass is 16.6. The maximum Gasteiger partial charge on any atom is 0.415 e. The number of carbonyl (C=O) groups excluding carboxylic acids is 1. The van der Waals surface area contributed by atoms with Crippen LogP contribution >= 0.6 is 0 Å². The molecule has 18 heavy (non-hydrogen) atoms. The molecule has 4 heteroatoms. The molecular formula is C14H18N2O2. The molecule has 2 aliphatic heterocycles. The van der Waals surface area contributed by atoms with Crippen molar-refractivity contribution in [1.82, 2.24) is 5.32 Å². The van der Waals surface area contributed by atoms with E-state index in [1.54, 1.807) is 0 Å². The van der Waals surface area contributed by atoms with Crippen molar-refractivity contribution in [1.29, 1.82) is 0 Å². The summed E-state index contributed by atoms with van der Waals surface area (Å²) in [4.78, 5) is 13.9. The van der Waals surface area contributed by atoms with E-state index in [4.69, 9.17) is 4.74 Å². The fourth-order valence-electron chi connectivity index (χ4n) is 2.88. The average molecular weight is 246 g/mol. The van der Waals surface area contributed by atoms with Gasteiger partial charge in [-0.05, 0) is 31.0 Å². The summed E-state index contributed by atoms with van der Waals surface area (Å²) >= 11 is 0. The predicted molar refractivity (Wildman–Crippen MR) is 69.8 cm³/mol. The molecule has 0 aliphatic carbocycles. The first-order chi connectivity index (χ1) is 8.81. The molecule has 2 aliphatic rings. The van der Waals surface area contributed by atoms with Crippen molar-refractivity contribution in [3.8, 4) is 0 Å². The smallest absolute Gasteiger partial charge is 0.415 e. The largest absolute Gasteiger partial charge is 0.442 e. The van der Waals surface area contributed by atoms with Crippen LogP contribution in [-0.2, 0) is 11.2 Å². The van der Waals surface area contributed by atoms with Crippen LogP contribution in [0.25, 0.3) is 0 Å². The number of piperidine rings is 1. The summed E-state index contributed by atoms with van der Waals surface area (Å²) in [6.45, 7) is 3.82. The van der Waals surface area contributed by atoms with Gasteiger partial charge in [-0.3, -0.25) is 4.90 Å². The number of benzene rings is 1. The van der Waals surface area contributed by atoms with E-state index in [0.717, 1.165) is 31.6 Å². The molecule has 1 aromatic rings. The number of para-hydroxylation sites is 1. The molecule has 0 spiro atoms. The second-order valence-corrected chi connectivity index (χ2v) is 4.83. The molecule has 0 aromatic heterocycles. The molecule has 1 N–H and O–H groups in total. The van der Waals surface area contributed by atoms with Crippen molar-refractivity contribution < 1.29 is 9.53 Å². The van der Waals surface area contributed by atoms with Crippen molar-refractivity contribution in [3.63, 3.8) is 0 Å². The molecule has 1 aromatic carbocycles. The van der Waals surface area contributed by atoms with Gasteiger partial charge in [-0.1, -0.05) is 25.1 Å². The molecule has 3 rings (SSSR count). The topological polar surface area (TPSA) is 41.6 Å². The van der Waals surface area contributed by atoms with Crippen LogP contribution < -0.4 is 10.2 Å². The molecular weight excluding hydrogens is 228 g/mol. The third-order valence-corrected chi connectivity index (χ3v) is 3.80. The zero-order valence-corrected chi connectivity index (χ0v) is 10.6. The summed E-state index contributed by atoms with van der Waals surface area (Å²) in [5.74, 6) is 0. The quantitative estimate of drug-likeness (QED) is 0.867. The van der Waals surface area contributed by atoms with Gasteiger partial charge in [-0.25, -0.2) is 4.79 Å². The van der Waals surface area contributed by atoms with Crippen molar-refractivity contribution in [2.24, 2.45) is 0 Å².